The van der Waals surface area contributed by atoms with E-state index < -0.39 is 0 Å². The molecule has 1 aromatic rings. The number of anilines is 1. The number of carbonyl (C=O) groups excluding carboxylic acids is 1. The molecule has 0 bridgehead atoms. The minimum atomic E-state index is -0.255. The van der Waals surface area contributed by atoms with Gasteiger partial charge in [0.15, 0.2) is 0 Å². The second-order valence-electron chi connectivity index (χ2n) is 4.35. The molecule has 2 rings (SSSR count). The maximum atomic E-state index is 11.3. The summed E-state index contributed by atoms with van der Waals surface area (Å²) in [4.78, 5) is 12.5. The lowest BCUT2D eigenvalue weighted by Crippen LogP contribution is -2.12. The van der Waals surface area contributed by atoms with Gasteiger partial charge in [-0.05, 0) is 30.7 Å². The van der Waals surface area contributed by atoms with Crippen LogP contribution in [0, 0.1) is 17.2 Å². The van der Waals surface area contributed by atoms with Gasteiger partial charge in [-0.1, -0.05) is 6.92 Å². The lowest BCUT2D eigenvalue weighted by atomic mass is 9.89. The Bertz CT molecular complexity index is 489. The summed E-state index contributed by atoms with van der Waals surface area (Å²) in [6.07, 6.45) is 3.05. The number of thiophene rings is 1. The lowest BCUT2D eigenvalue weighted by molar-refractivity contribution is -0.113. The van der Waals surface area contributed by atoms with Gasteiger partial charge in [-0.15, -0.1) is 22.9 Å². The van der Waals surface area contributed by atoms with E-state index in [9.17, 15) is 10.1 Å². The average Bonchev–Trinajstić information content (AvgIpc) is 2.64. The lowest BCUT2D eigenvalue weighted by Gasteiger charge is -2.17. The first-order valence-corrected chi connectivity index (χ1v) is 6.91. The summed E-state index contributed by atoms with van der Waals surface area (Å²) in [6, 6.07) is 2.20. The number of alkyl halides is 1. The van der Waals surface area contributed by atoms with E-state index in [1.807, 2.05) is 0 Å². The van der Waals surface area contributed by atoms with Crippen LogP contribution in [-0.4, -0.2) is 11.8 Å². The highest BCUT2D eigenvalue weighted by atomic mass is 35.5. The van der Waals surface area contributed by atoms with Gasteiger partial charge in [0.2, 0.25) is 5.91 Å². The molecule has 0 aliphatic heterocycles. The van der Waals surface area contributed by atoms with Gasteiger partial charge >= 0.3 is 0 Å². The van der Waals surface area contributed by atoms with Crippen LogP contribution in [0.5, 0.6) is 0 Å². The van der Waals surface area contributed by atoms with Crippen molar-refractivity contribution >= 4 is 33.8 Å². The Morgan fingerprint density at radius 2 is 2.47 bits per heavy atom. The number of rotatable bonds is 2. The van der Waals surface area contributed by atoms with Crippen LogP contribution in [0.1, 0.15) is 29.3 Å². The van der Waals surface area contributed by atoms with E-state index >= 15 is 0 Å². The fourth-order valence-electron chi connectivity index (χ4n) is 2.12. The van der Waals surface area contributed by atoms with Crippen molar-refractivity contribution in [1.29, 1.82) is 5.26 Å². The second kappa shape index (κ2) is 5.07. The van der Waals surface area contributed by atoms with Crippen LogP contribution in [0.15, 0.2) is 0 Å². The molecular formula is C12H13ClN2OS. The normalized spacial score (nSPS) is 18.3. The van der Waals surface area contributed by atoms with Crippen LogP contribution >= 0.6 is 22.9 Å². The van der Waals surface area contributed by atoms with Crippen LogP contribution in [-0.2, 0) is 17.6 Å². The Hall–Kier alpha value is -1.05. The molecule has 0 aromatic carbocycles. The highest BCUT2D eigenvalue weighted by Crippen LogP contribution is 2.39. The van der Waals surface area contributed by atoms with Gasteiger partial charge in [0.1, 0.15) is 17.0 Å². The zero-order valence-corrected chi connectivity index (χ0v) is 11.1. The molecule has 1 N–H and O–H groups in total. The van der Waals surface area contributed by atoms with Crippen LogP contribution < -0.4 is 5.32 Å². The van der Waals surface area contributed by atoms with Crippen molar-refractivity contribution in [3.05, 3.63) is 16.0 Å². The Labute approximate surface area is 109 Å². The maximum absolute atomic E-state index is 11.3. The molecule has 1 amide bonds. The van der Waals surface area contributed by atoms with E-state index in [-0.39, 0.29) is 11.8 Å². The predicted molar refractivity (Wildman–Crippen MR) is 69.6 cm³/mol. The SMILES string of the molecule is C[C@H]1CCc2c(sc(NC(=O)CCl)c2C#N)C1. The molecule has 1 aliphatic rings. The Balaban J connectivity index is 2.34. The summed E-state index contributed by atoms with van der Waals surface area (Å²) in [5.41, 5.74) is 1.76. The molecule has 17 heavy (non-hydrogen) atoms. The monoisotopic (exact) mass is 268 g/mol. The first kappa shape index (κ1) is 12.4. The van der Waals surface area contributed by atoms with E-state index in [1.165, 1.54) is 16.2 Å². The largest absolute Gasteiger partial charge is 0.316 e. The van der Waals surface area contributed by atoms with Crippen LogP contribution in [0.4, 0.5) is 5.00 Å². The minimum Gasteiger partial charge on any atom is -0.316 e. The molecule has 0 saturated carbocycles. The van der Waals surface area contributed by atoms with E-state index in [0.717, 1.165) is 24.8 Å². The quantitative estimate of drug-likeness (QED) is 0.839. The van der Waals surface area contributed by atoms with Crippen molar-refractivity contribution in [3.8, 4) is 6.07 Å². The fraction of sp³-hybridized carbons (Fsp3) is 0.500. The highest BCUT2D eigenvalue weighted by Gasteiger charge is 2.24. The van der Waals surface area contributed by atoms with Gasteiger partial charge in [-0.25, -0.2) is 0 Å². The fourth-order valence-corrected chi connectivity index (χ4v) is 3.56. The van der Waals surface area contributed by atoms with E-state index in [2.05, 4.69) is 18.3 Å². The summed E-state index contributed by atoms with van der Waals surface area (Å²) in [5, 5.41) is 12.6. The molecule has 90 valence electrons. The number of amides is 1. The average molecular weight is 269 g/mol. The highest BCUT2D eigenvalue weighted by molar-refractivity contribution is 7.16. The molecule has 3 nitrogen and oxygen atoms in total. The Morgan fingerprint density at radius 3 is 3.12 bits per heavy atom. The van der Waals surface area contributed by atoms with Gasteiger partial charge in [0.05, 0.1) is 5.56 Å². The minimum absolute atomic E-state index is 0.0795. The number of nitrogens with zero attached hydrogens (tertiary/aromatic N) is 1. The van der Waals surface area contributed by atoms with Crippen molar-refractivity contribution in [2.75, 3.05) is 11.2 Å². The topological polar surface area (TPSA) is 52.9 Å². The van der Waals surface area contributed by atoms with Crippen molar-refractivity contribution in [1.82, 2.24) is 0 Å². The van der Waals surface area contributed by atoms with Crippen molar-refractivity contribution in [2.24, 2.45) is 5.92 Å². The Kier molecular flexibility index (Phi) is 3.70. The molecule has 1 aliphatic carbocycles. The first-order valence-electron chi connectivity index (χ1n) is 5.56. The summed E-state index contributed by atoms with van der Waals surface area (Å²) >= 11 is 6.98. The summed E-state index contributed by atoms with van der Waals surface area (Å²) < 4.78 is 0. The molecule has 1 atom stereocenters. The third-order valence-electron chi connectivity index (χ3n) is 3.00. The van der Waals surface area contributed by atoms with Gasteiger partial charge < -0.3 is 5.32 Å². The van der Waals surface area contributed by atoms with Gasteiger partial charge in [-0.2, -0.15) is 5.26 Å². The van der Waals surface area contributed by atoms with Gasteiger partial charge in [-0.3, -0.25) is 4.79 Å². The van der Waals surface area contributed by atoms with Crippen LogP contribution in [0.3, 0.4) is 0 Å². The summed E-state index contributed by atoms with van der Waals surface area (Å²) in [5.74, 6) is 0.322. The smallest absolute Gasteiger partial charge is 0.239 e. The number of nitriles is 1. The number of hydrogen-bond donors (Lipinski definition) is 1. The van der Waals surface area contributed by atoms with E-state index in [4.69, 9.17) is 11.6 Å². The molecule has 1 heterocycles. The molecule has 0 radical (unpaired) electrons. The van der Waals surface area contributed by atoms with E-state index in [0.29, 0.717) is 16.5 Å². The molecule has 1 aromatic heterocycles. The van der Waals surface area contributed by atoms with E-state index in [1.54, 1.807) is 0 Å². The molecule has 0 fully saturated rings. The molecule has 5 heteroatoms. The zero-order valence-electron chi connectivity index (χ0n) is 9.55. The van der Waals surface area contributed by atoms with Gasteiger partial charge in [0, 0.05) is 4.88 Å². The zero-order chi connectivity index (χ0) is 12.4. The first-order chi connectivity index (χ1) is 8.15. The van der Waals surface area contributed by atoms with Crippen molar-refractivity contribution in [3.63, 3.8) is 0 Å². The van der Waals surface area contributed by atoms with Crippen LogP contribution in [0.2, 0.25) is 0 Å². The molecule has 0 saturated heterocycles. The number of halogens is 1. The van der Waals surface area contributed by atoms with Crippen LogP contribution in [0.25, 0.3) is 0 Å². The summed E-state index contributed by atoms with van der Waals surface area (Å²) in [7, 11) is 0. The maximum Gasteiger partial charge on any atom is 0.239 e. The summed E-state index contributed by atoms with van der Waals surface area (Å²) in [6.45, 7) is 2.21. The van der Waals surface area contributed by atoms with Crippen molar-refractivity contribution in [2.45, 2.75) is 26.2 Å². The standard InChI is InChI=1S/C12H13ClN2OS/c1-7-2-3-8-9(6-14)12(15-11(16)5-13)17-10(8)4-7/h7H,2-5H2,1H3,(H,15,16)/t7-/m0/s1. The number of fused-ring (bicyclic) bond motifs is 1. The van der Waals surface area contributed by atoms with Gasteiger partial charge in [0.25, 0.3) is 0 Å². The number of nitrogens with one attached hydrogen (secondary N) is 1. The molecular weight excluding hydrogens is 256 g/mol. The number of hydrogen-bond acceptors (Lipinski definition) is 3. The second-order valence-corrected chi connectivity index (χ2v) is 5.72. The van der Waals surface area contributed by atoms with Crippen molar-refractivity contribution < 1.29 is 4.79 Å². The predicted octanol–water partition coefficient (Wildman–Crippen LogP) is 2.92. The number of carbonyl (C=O) groups is 1. The third-order valence-corrected chi connectivity index (χ3v) is 4.41. The Morgan fingerprint density at radius 1 is 1.71 bits per heavy atom. The molecule has 0 unspecified atom stereocenters. The molecule has 0 spiro atoms. The third kappa shape index (κ3) is 2.46.